The summed E-state index contributed by atoms with van der Waals surface area (Å²) in [5.74, 6) is 0. The van der Waals surface area contributed by atoms with Gasteiger partial charge < -0.3 is 18.9 Å². The van der Waals surface area contributed by atoms with E-state index in [4.69, 9.17) is 18.9 Å². The quantitative estimate of drug-likeness (QED) is 0.744. The molecule has 90 valence electrons. The Morgan fingerprint density at radius 2 is 2.06 bits per heavy atom. The summed E-state index contributed by atoms with van der Waals surface area (Å²) in [6.07, 6.45) is -1.95. The molecular formula is C12H12O5. The summed E-state index contributed by atoms with van der Waals surface area (Å²) < 4.78 is 20.8. The molecule has 0 amide bonds. The highest BCUT2D eigenvalue weighted by molar-refractivity contribution is 5.62. The van der Waals surface area contributed by atoms with Crippen molar-refractivity contribution in [3.05, 3.63) is 35.9 Å². The summed E-state index contributed by atoms with van der Waals surface area (Å²) in [4.78, 5) is 10.9. The van der Waals surface area contributed by atoms with Crippen LogP contribution in [0.15, 0.2) is 30.3 Å². The Balaban J connectivity index is 1.58. The maximum atomic E-state index is 10.9. The lowest BCUT2D eigenvalue weighted by Crippen LogP contribution is -2.29. The first-order valence-corrected chi connectivity index (χ1v) is 5.47. The third-order valence-electron chi connectivity index (χ3n) is 2.80. The van der Waals surface area contributed by atoms with E-state index < -0.39 is 18.5 Å². The SMILES string of the molecule is O=C1O[C@H]2[C@H](OCc3ccccc3)OC[C@H]2O1. The lowest BCUT2D eigenvalue weighted by Gasteiger charge is -2.15. The summed E-state index contributed by atoms with van der Waals surface area (Å²) in [6, 6.07) is 9.75. The predicted molar refractivity (Wildman–Crippen MR) is 56.1 cm³/mol. The molecule has 0 bridgehead atoms. The zero-order valence-electron chi connectivity index (χ0n) is 9.07. The Bertz CT molecular complexity index is 405. The normalized spacial score (nSPS) is 30.8. The Labute approximate surface area is 98.2 Å². The highest BCUT2D eigenvalue weighted by atomic mass is 16.8. The summed E-state index contributed by atoms with van der Waals surface area (Å²) >= 11 is 0. The van der Waals surface area contributed by atoms with Gasteiger partial charge >= 0.3 is 6.16 Å². The Kier molecular flexibility index (Phi) is 2.70. The Morgan fingerprint density at radius 3 is 2.88 bits per heavy atom. The van der Waals surface area contributed by atoms with E-state index in [1.807, 2.05) is 30.3 Å². The molecule has 2 heterocycles. The molecule has 0 unspecified atom stereocenters. The third-order valence-corrected chi connectivity index (χ3v) is 2.80. The maximum absolute atomic E-state index is 10.9. The van der Waals surface area contributed by atoms with Gasteiger partial charge in [0, 0.05) is 0 Å². The maximum Gasteiger partial charge on any atom is 0.509 e. The fourth-order valence-electron chi connectivity index (χ4n) is 1.95. The number of ether oxygens (including phenoxy) is 4. The molecule has 0 aromatic heterocycles. The molecule has 2 saturated heterocycles. The van der Waals surface area contributed by atoms with E-state index in [0.717, 1.165) is 5.56 Å². The highest BCUT2D eigenvalue weighted by Gasteiger charge is 2.48. The van der Waals surface area contributed by atoms with Gasteiger partial charge in [0.2, 0.25) is 0 Å². The minimum absolute atomic E-state index is 0.329. The number of rotatable bonds is 3. The standard InChI is InChI=1S/C12H12O5/c13-12-16-9-7-15-11(10(9)17-12)14-6-8-4-2-1-3-5-8/h1-5,9-11H,6-7H2/t9-,10-,11-/m1/s1. The van der Waals surface area contributed by atoms with Gasteiger partial charge in [-0.3, -0.25) is 0 Å². The Hall–Kier alpha value is -1.59. The molecular weight excluding hydrogens is 224 g/mol. The topological polar surface area (TPSA) is 54.0 Å². The van der Waals surface area contributed by atoms with E-state index in [1.165, 1.54) is 0 Å². The van der Waals surface area contributed by atoms with Gasteiger partial charge in [-0.25, -0.2) is 4.79 Å². The molecule has 0 aliphatic carbocycles. The van der Waals surface area contributed by atoms with Gasteiger partial charge in [-0.05, 0) is 5.56 Å². The van der Waals surface area contributed by atoms with Crippen LogP contribution in [0.4, 0.5) is 4.79 Å². The molecule has 2 aliphatic rings. The van der Waals surface area contributed by atoms with Gasteiger partial charge in [0.05, 0.1) is 13.2 Å². The number of fused-ring (bicyclic) bond motifs is 1. The molecule has 0 radical (unpaired) electrons. The van der Waals surface area contributed by atoms with Crippen molar-refractivity contribution < 1.29 is 23.7 Å². The van der Waals surface area contributed by atoms with Gasteiger partial charge in [0.25, 0.3) is 0 Å². The average Bonchev–Trinajstić information content (AvgIpc) is 2.87. The molecule has 1 aromatic carbocycles. The second kappa shape index (κ2) is 4.35. The van der Waals surface area contributed by atoms with Crippen LogP contribution in [0, 0.1) is 0 Å². The number of carbonyl (C=O) groups excluding carboxylic acids is 1. The van der Waals surface area contributed by atoms with Crippen LogP contribution in [0.2, 0.25) is 0 Å². The van der Waals surface area contributed by atoms with Crippen LogP contribution in [-0.4, -0.2) is 31.3 Å². The van der Waals surface area contributed by atoms with Crippen molar-refractivity contribution in [2.24, 2.45) is 0 Å². The second-order valence-electron chi connectivity index (χ2n) is 3.99. The van der Waals surface area contributed by atoms with E-state index in [-0.39, 0.29) is 6.10 Å². The first kappa shape index (κ1) is 10.6. The molecule has 17 heavy (non-hydrogen) atoms. The second-order valence-corrected chi connectivity index (χ2v) is 3.99. The van der Waals surface area contributed by atoms with Crippen LogP contribution in [0.3, 0.4) is 0 Å². The van der Waals surface area contributed by atoms with Gasteiger partial charge in [-0.2, -0.15) is 0 Å². The van der Waals surface area contributed by atoms with E-state index in [2.05, 4.69) is 0 Å². The van der Waals surface area contributed by atoms with E-state index >= 15 is 0 Å². The van der Waals surface area contributed by atoms with Crippen molar-refractivity contribution in [2.75, 3.05) is 6.61 Å². The molecule has 0 spiro atoms. The fourth-order valence-corrected chi connectivity index (χ4v) is 1.95. The zero-order valence-corrected chi connectivity index (χ0v) is 9.07. The molecule has 5 nitrogen and oxygen atoms in total. The van der Waals surface area contributed by atoms with Crippen molar-refractivity contribution in [3.8, 4) is 0 Å². The van der Waals surface area contributed by atoms with Crippen molar-refractivity contribution in [3.63, 3.8) is 0 Å². The van der Waals surface area contributed by atoms with Gasteiger partial charge in [-0.15, -0.1) is 0 Å². The van der Waals surface area contributed by atoms with Gasteiger partial charge in [-0.1, -0.05) is 30.3 Å². The lowest BCUT2D eigenvalue weighted by atomic mass is 10.2. The van der Waals surface area contributed by atoms with Crippen LogP contribution >= 0.6 is 0 Å². The minimum Gasteiger partial charge on any atom is -0.424 e. The van der Waals surface area contributed by atoms with Crippen LogP contribution < -0.4 is 0 Å². The molecule has 0 N–H and O–H groups in total. The van der Waals surface area contributed by atoms with E-state index in [0.29, 0.717) is 13.2 Å². The van der Waals surface area contributed by atoms with Crippen LogP contribution in [0.5, 0.6) is 0 Å². The summed E-state index contributed by atoms with van der Waals surface area (Å²) in [5, 5.41) is 0. The van der Waals surface area contributed by atoms with Crippen LogP contribution in [0.1, 0.15) is 5.56 Å². The highest BCUT2D eigenvalue weighted by Crippen LogP contribution is 2.28. The first-order chi connectivity index (χ1) is 8.33. The predicted octanol–water partition coefficient (Wildman–Crippen LogP) is 1.46. The molecule has 3 rings (SSSR count). The molecule has 2 fully saturated rings. The lowest BCUT2D eigenvalue weighted by molar-refractivity contribution is -0.156. The van der Waals surface area contributed by atoms with Crippen molar-refractivity contribution >= 4 is 6.16 Å². The van der Waals surface area contributed by atoms with Crippen molar-refractivity contribution in [1.29, 1.82) is 0 Å². The smallest absolute Gasteiger partial charge is 0.424 e. The van der Waals surface area contributed by atoms with Gasteiger partial charge in [0.15, 0.2) is 18.5 Å². The molecule has 1 aromatic rings. The van der Waals surface area contributed by atoms with Crippen LogP contribution in [-0.2, 0) is 25.6 Å². The number of carbonyl (C=O) groups is 1. The summed E-state index contributed by atoms with van der Waals surface area (Å²) in [5.41, 5.74) is 1.05. The van der Waals surface area contributed by atoms with E-state index in [9.17, 15) is 4.79 Å². The molecule has 0 saturated carbocycles. The molecule has 3 atom stereocenters. The molecule has 5 heteroatoms. The van der Waals surface area contributed by atoms with Crippen molar-refractivity contribution in [1.82, 2.24) is 0 Å². The van der Waals surface area contributed by atoms with Crippen molar-refractivity contribution in [2.45, 2.75) is 25.1 Å². The monoisotopic (exact) mass is 236 g/mol. The van der Waals surface area contributed by atoms with Gasteiger partial charge in [0.1, 0.15) is 0 Å². The number of hydrogen-bond donors (Lipinski definition) is 0. The van der Waals surface area contributed by atoms with Crippen LogP contribution in [0.25, 0.3) is 0 Å². The largest absolute Gasteiger partial charge is 0.509 e. The first-order valence-electron chi connectivity index (χ1n) is 5.47. The average molecular weight is 236 g/mol. The summed E-state index contributed by atoms with van der Waals surface area (Å²) in [6.45, 7) is 0.752. The third kappa shape index (κ3) is 2.11. The number of hydrogen-bond acceptors (Lipinski definition) is 5. The van der Waals surface area contributed by atoms with E-state index in [1.54, 1.807) is 0 Å². The minimum atomic E-state index is -0.642. The fraction of sp³-hybridized carbons (Fsp3) is 0.417. The zero-order chi connectivity index (χ0) is 11.7. The Morgan fingerprint density at radius 1 is 1.24 bits per heavy atom. The molecule has 2 aliphatic heterocycles. The summed E-state index contributed by atoms with van der Waals surface area (Å²) in [7, 11) is 0. The number of benzene rings is 1.